The van der Waals surface area contributed by atoms with E-state index < -0.39 is 0 Å². The molecule has 1 N–H and O–H groups in total. The second-order valence-corrected chi connectivity index (χ2v) is 1.68. The number of phenolic OH excluding ortho intramolecular Hbond substituents is 1. The molecular formula is C7H6KO2. The van der Waals surface area contributed by atoms with Gasteiger partial charge in [-0.3, -0.25) is 4.79 Å². The van der Waals surface area contributed by atoms with Crippen LogP contribution in [0.2, 0.25) is 0 Å². The van der Waals surface area contributed by atoms with Crippen LogP contribution in [0.25, 0.3) is 0 Å². The first-order chi connectivity index (χ1) is 4.34. The summed E-state index contributed by atoms with van der Waals surface area (Å²) in [6.45, 7) is 0. The minimum atomic E-state index is 0. The zero-order valence-corrected chi connectivity index (χ0v) is 8.87. The van der Waals surface area contributed by atoms with Gasteiger partial charge in [0.1, 0.15) is 5.75 Å². The zero-order valence-electron chi connectivity index (χ0n) is 5.74. The third-order valence-corrected chi connectivity index (χ3v) is 1.06. The predicted molar refractivity (Wildman–Crippen MR) is 39.2 cm³/mol. The van der Waals surface area contributed by atoms with Gasteiger partial charge in [-0.05, 0) is 12.1 Å². The maximum atomic E-state index is 10.1. The molecular weight excluding hydrogens is 155 g/mol. The van der Waals surface area contributed by atoms with Crippen molar-refractivity contribution in [2.45, 2.75) is 0 Å². The van der Waals surface area contributed by atoms with Gasteiger partial charge in [0.05, 0.1) is 5.56 Å². The Morgan fingerprint density at radius 2 is 1.90 bits per heavy atom. The van der Waals surface area contributed by atoms with E-state index in [1.165, 1.54) is 6.07 Å². The van der Waals surface area contributed by atoms with E-state index >= 15 is 0 Å². The molecule has 1 radical (unpaired) electrons. The first-order valence-electron chi connectivity index (χ1n) is 2.58. The molecule has 1 aromatic carbocycles. The van der Waals surface area contributed by atoms with Crippen molar-refractivity contribution in [3.05, 3.63) is 29.8 Å². The Morgan fingerprint density at radius 3 is 2.30 bits per heavy atom. The molecule has 10 heavy (non-hydrogen) atoms. The number of carbonyl (C=O) groups is 1. The SMILES string of the molecule is O=Cc1ccccc1O.[K]. The summed E-state index contributed by atoms with van der Waals surface area (Å²) < 4.78 is 0. The van der Waals surface area contributed by atoms with E-state index in [0.717, 1.165) is 0 Å². The van der Waals surface area contributed by atoms with Crippen molar-refractivity contribution >= 4 is 57.7 Å². The zero-order chi connectivity index (χ0) is 6.69. The number of phenols is 1. The van der Waals surface area contributed by atoms with Crippen LogP contribution < -0.4 is 0 Å². The topological polar surface area (TPSA) is 37.3 Å². The van der Waals surface area contributed by atoms with Crippen molar-refractivity contribution in [3.63, 3.8) is 0 Å². The minimum Gasteiger partial charge on any atom is -0.507 e. The molecule has 0 amide bonds. The number of aldehydes is 1. The number of rotatable bonds is 1. The van der Waals surface area contributed by atoms with Crippen LogP contribution in [0.1, 0.15) is 10.4 Å². The maximum Gasteiger partial charge on any atom is 0.153 e. The summed E-state index contributed by atoms with van der Waals surface area (Å²) in [5.74, 6) is 0.0347. The number of hydrogen-bond donors (Lipinski definition) is 1. The molecule has 0 fully saturated rings. The summed E-state index contributed by atoms with van der Waals surface area (Å²) in [6, 6.07) is 6.40. The molecule has 2 nitrogen and oxygen atoms in total. The molecule has 0 aromatic heterocycles. The Labute approximate surface area is 102 Å². The van der Waals surface area contributed by atoms with Crippen LogP contribution in [0.4, 0.5) is 0 Å². The third kappa shape index (κ3) is 2.52. The van der Waals surface area contributed by atoms with Gasteiger partial charge in [-0.25, -0.2) is 0 Å². The van der Waals surface area contributed by atoms with Gasteiger partial charge in [-0.15, -0.1) is 0 Å². The van der Waals surface area contributed by atoms with Crippen molar-refractivity contribution in [1.82, 2.24) is 0 Å². The molecule has 1 rings (SSSR count). The number of aromatic hydroxyl groups is 1. The van der Waals surface area contributed by atoms with Crippen LogP contribution >= 0.6 is 0 Å². The molecule has 0 unspecified atom stereocenters. The normalized spacial score (nSPS) is 8.00. The molecule has 0 spiro atoms. The van der Waals surface area contributed by atoms with Gasteiger partial charge in [0.15, 0.2) is 6.29 Å². The molecule has 0 heterocycles. The summed E-state index contributed by atoms with van der Waals surface area (Å²) >= 11 is 0. The minimum absolute atomic E-state index is 0. The quantitative estimate of drug-likeness (QED) is 0.489. The number of hydrogen-bond acceptors (Lipinski definition) is 2. The molecule has 0 aliphatic carbocycles. The molecule has 0 bridgehead atoms. The number of benzene rings is 1. The van der Waals surface area contributed by atoms with Crippen molar-refractivity contribution < 1.29 is 9.90 Å². The van der Waals surface area contributed by atoms with Crippen LogP contribution in [-0.4, -0.2) is 62.8 Å². The average molecular weight is 161 g/mol. The van der Waals surface area contributed by atoms with Crippen molar-refractivity contribution in [2.24, 2.45) is 0 Å². The van der Waals surface area contributed by atoms with Gasteiger partial charge in [0.25, 0.3) is 0 Å². The van der Waals surface area contributed by atoms with Crippen LogP contribution in [-0.2, 0) is 0 Å². The fraction of sp³-hybridized carbons (Fsp3) is 0. The van der Waals surface area contributed by atoms with E-state index in [2.05, 4.69) is 0 Å². The Balaban J connectivity index is 0.000000810. The molecule has 47 valence electrons. The largest absolute Gasteiger partial charge is 0.507 e. The smallest absolute Gasteiger partial charge is 0.153 e. The van der Waals surface area contributed by atoms with E-state index in [-0.39, 0.29) is 57.1 Å². The second kappa shape index (κ2) is 5.04. The average Bonchev–Trinajstić information content (AvgIpc) is 1.89. The van der Waals surface area contributed by atoms with Crippen molar-refractivity contribution in [2.75, 3.05) is 0 Å². The summed E-state index contributed by atoms with van der Waals surface area (Å²) in [6.07, 6.45) is 0.620. The van der Waals surface area contributed by atoms with Gasteiger partial charge in [0, 0.05) is 51.4 Å². The first-order valence-corrected chi connectivity index (χ1v) is 2.58. The monoisotopic (exact) mass is 161 g/mol. The van der Waals surface area contributed by atoms with Crippen LogP contribution in [0.15, 0.2) is 24.3 Å². The van der Waals surface area contributed by atoms with Crippen LogP contribution in [0.3, 0.4) is 0 Å². The van der Waals surface area contributed by atoms with Crippen LogP contribution in [0, 0.1) is 0 Å². The van der Waals surface area contributed by atoms with Gasteiger partial charge in [-0.1, -0.05) is 12.1 Å². The van der Waals surface area contributed by atoms with Crippen molar-refractivity contribution in [3.8, 4) is 5.75 Å². The summed E-state index contributed by atoms with van der Waals surface area (Å²) in [5.41, 5.74) is 0.331. The maximum absolute atomic E-state index is 10.1. The molecule has 0 atom stereocenters. The number of carbonyl (C=O) groups excluding carboxylic acids is 1. The Bertz CT molecular complexity index is 223. The van der Waals surface area contributed by atoms with E-state index in [1.807, 2.05) is 0 Å². The van der Waals surface area contributed by atoms with E-state index in [4.69, 9.17) is 5.11 Å². The van der Waals surface area contributed by atoms with E-state index in [0.29, 0.717) is 11.8 Å². The van der Waals surface area contributed by atoms with E-state index in [1.54, 1.807) is 18.2 Å². The standard InChI is InChI=1S/C7H6O2.K/c8-5-6-3-1-2-4-7(6)9;/h1-5,9H;. The third-order valence-electron chi connectivity index (χ3n) is 1.06. The molecule has 0 aliphatic rings. The molecule has 3 heteroatoms. The summed E-state index contributed by atoms with van der Waals surface area (Å²) in [4.78, 5) is 10.1. The summed E-state index contributed by atoms with van der Waals surface area (Å²) in [5, 5.41) is 8.88. The number of para-hydroxylation sites is 1. The van der Waals surface area contributed by atoms with Gasteiger partial charge < -0.3 is 5.11 Å². The Morgan fingerprint density at radius 1 is 1.30 bits per heavy atom. The second-order valence-electron chi connectivity index (χ2n) is 1.68. The predicted octanol–water partition coefficient (Wildman–Crippen LogP) is 0.824. The first kappa shape index (κ1) is 10.3. The molecule has 0 saturated carbocycles. The fourth-order valence-electron chi connectivity index (χ4n) is 0.587. The Hall–Kier alpha value is 0.326. The summed E-state index contributed by atoms with van der Waals surface area (Å²) in [7, 11) is 0. The molecule has 0 saturated heterocycles. The molecule has 0 aliphatic heterocycles. The van der Waals surface area contributed by atoms with E-state index in [9.17, 15) is 4.79 Å². The van der Waals surface area contributed by atoms with Gasteiger partial charge in [0.2, 0.25) is 0 Å². The van der Waals surface area contributed by atoms with Gasteiger partial charge in [-0.2, -0.15) is 0 Å². The fourth-order valence-corrected chi connectivity index (χ4v) is 0.587. The van der Waals surface area contributed by atoms with Crippen LogP contribution in [0.5, 0.6) is 5.75 Å². The van der Waals surface area contributed by atoms with Gasteiger partial charge >= 0.3 is 0 Å². The Kier molecular flexibility index (Phi) is 5.20. The molecule has 1 aromatic rings. The van der Waals surface area contributed by atoms with Crippen molar-refractivity contribution in [1.29, 1.82) is 0 Å².